The maximum absolute atomic E-state index is 13.8. The number of amides is 1. The first-order chi connectivity index (χ1) is 13.5. The topological polar surface area (TPSA) is 59.2 Å². The molecule has 2 N–H and O–H groups in total. The Hall–Kier alpha value is -2.24. The monoisotopic (exact) mass is 393 g/mol. The molecule has 0 saturated carbocycles. The van der Waals surface area contributed by atoms with Crippen molar-refractivity contribution in [3.63, 3.8) is 0 Å². The summed E-state index contributed by atoms with van der Waals surface area (Å²) in [6.45, 7) is 5.59. The normalized spacial score (nSPS) is 21.8. The van der Waals surface area contributed by atoms with Crippen LogP contribution in [0.15, 0.2) is 54.6 Å². The van der Waals surface area contributed by atoms with Gasteiger partial charge in [-0.3, -0.25) is 4.79 Å². The van der Waals surface area contributed by atoms with Crippen molar-refractivity contribution in [3.05, 3.63) is 65.2 Å². The van der Waals surface area contributed by atoms with E-state index in [-0.39, 0.29) is 11.9 Å². The molecule has 1 aliphatic heterocycles. The molecule has 2 heterocycles. The van der Waals surface area contributed by atoms with Gasteiger partial charge in [0.1, 0.15) is 0 Å². The summed E-state index contributed by atoms with van der Waals surface area (Å²) in [5.74, 6) is 0.572. The zero-order valence-corrected chi connectivity index (χ0v) is 17.3. The summed E-state index contributed by atoms with van der Waals surface area (Å²) in [5.41, 5.74) is 7.30. The van der Waals surface area contributed by atoms with E-state index in [1.54, 1.807) is 11.3 Å². The molecule has 3 aromatic rings. The van der Waals surface area contributed by atoms with E-state index in [1.807, 2.05) is 41.3 Å². The lowest BCUT2D eigenvalue weighted by Crippen LogP contribution is -2.48. The summed E-state index contributed by atoms with van der Waals surface area (Å²) < 4.78 is 1.16. The number of nitrogens with zero attached hydrogens (tertiary/aromatic N) is 2. The molecule has 1 saturated heterocycles. The van der Waals surface area contributed by atoms with Crippen LogP contribution in [0.4, 0.5) is 0 Å². The fourth-order valence-corrected chi connectivity index (χ4v) is 5.44. The molecule has 4 nitrogen and oxygen atoms in total. The Morgan fingerprint density at radius 1 is 1.21 bits per heavy atom. The lowest BCUT2D eigenvalue weighted by atomic mass is 9.78. The Kier molecular flexibility index (Phi) is 5.21. The number of hydrogen-bond acceptors (Lipinski definition) is 4. The van der Waals surface area contributed by atoms with E-state index in [0.29, 0.717) is 18.9 Å². The Balaban J connectivity index is 1.71. The number of aromatic nitrogens is 1. The Morgan fingerprint density at radius 2 is 1.93 bits per heavy atom. The van der Waals surface area contributed by atoms with Crippen LogP contribution in [0.5, 0.6) is 0 Å². The second-order valence-corrected chi connectivity index (χ2v) is 9.21. The second-order valence-electron chi connectivity index (χ2n) is 8.09. The first-order valence-corrected chi connectivity index (χ1v) is 10.7. The molecule has 1 amide bonds. The van der Waals surface area contributed by atoms with E-state index in [9.17, 15) is 4.79 Å². The van der Waals surface area contributed by atoms with Gasteiger partial charge in [0, 0.05) is 19.0 Å². The SMILES string of the molecule is CC1CC(CN)CN1C(=O)C(C)(Cc1nc2ccccc2s1)c1ccccc1. The Morgan fingerprint density at radius 3 is 2.61 bits per heavy atom. The molecule has 28 heavy (non-hydrogen) atoms. The van der Waals surface area contributed by atoms with E-state index >= 15 is 0 Å². The van der Waals surface area contributed by atoms with Crippen LogP contribution in [0.1, 0.15) is 30.8 Å². The number of carbonyl (C=O) groups is 1. The highest BCUT2D eigenvalue weighted by Crippen LogP contribution is 2.36. The van der Waals surface area contributed by atoms with E-state index in [4.69, 9.17) is 10.7 Å². The van der Waals surface area contributed by atoms with Crippen molar-refractivity contribution in [2.45, 2.75) is 38.1 Å². The zero-order chi connectivity index (χ0) is 19.7. The van der Waals surface area contributed by atoms with Gasteiger partial charge < -0.3 is 10.6 Å². The van der Waals surface area contributed by atoms with Crippen LogP contribution in [0.3, 0.4) is 0 Å². The highest BCUT2D eigenvalue weighted by atomic mass is 32.1. The second kappa shape index (κ2) is 7.64. The largest absolute Gasteiger partial charge is 0.339 e. The highest BCUT2D eigenvalue weighted by molar-refractivity contribution is 7.18. The van der Waals surface area contributed by atoms with Crippen molar-refractivity contribution >= 4 is 27.5 Å². The summed E-state index contributed by atoms with van der Waals surface area (Å²) in [4.78, 5) is 20.7. The summed E-state index contributed by atoms with van der Waals surface area (Å²) in [7, 11) is 0. The summed E-state index contributed by atoms with van der Waals surface area (Å²) in [5, 5.41) is 1.00. The first kappa shape index (κ1) is 19.1. The van der Waals surface area contributed by atoms with Crippen molar-refractivity contribution in [1.82, 2.24) is 9.88 Å². The van der Waals surface area contributed by atoms with Crippen molar-refractivity contribution in [2.75, 3.05) is 13.1 Å². The van der Waals surface area contributed by atoms with Crippen molar-refractivity contribution in [3.8, 4) is 0 Å². The van der Waals surface area contributed by atoms with Gasteiger partial charge in [0.15, 0.2) is 0 Å². The van der Waals surface area contributed by atoms with Gasteiger partial charge in [0.2, 0.25) is 5.91 Å². The van der Waals surface area contributed by atoms with E-state index in [1.165, 1.54) is 0 Å². The van der Waals surface area contributed by atoms with Crippen molar-refractivity contribution in [2.24, 2.45) is 11.7 Å². The molecule has 0 radical (unpaired) electrons. The van der Waals surface area contributed by atoms with Crippen LogP contribution >= 0.6 is 11.3 Å². The highest BCUT2D eigenvalue weighted by Gasteiger charge is 2.43. The average Bonchev–Trinajstić information content (AvgIpc) is 3.30. The van der Waals surface area contributed by atoms with Gasteiger partial charge in [0.05, 0.1) is 20.6 Å². The average molecular weight is 394 g/mol. The smallest absolute Gasteiger partial charge is 0.233 e. The number of likely N-dealkylation sites (tertiary alicyclic amines) is 1. The number of para-hydroxylation sites is 1. The Bertz CT molecular complexity index is 937. The molecule has 1 fully saturated rings. The van der Waals surface area contributed by atoms with Crippen LogP contribution in [-0.4, -0.2) is 34.9 Å². The zero-order valence-electron chi connectivity index (χ0n) is 16.5. The molecule has 4 rings (SSSR count). The van der Waals surface area contributed by atoms with E-state index in [2.05, 4.69) is 32.0 Å². The number of thiazole rings is 1. The molecule has 0 spiro atoms. The van der Waals surface area contributed by atoms with Crippen LogP contribution in [-0.2, 0) is 16.6 Å². The first-order valence-electron chi connectivity index (χ1n) is 9.92. The molecule has 3 atom stereocenters. The molecule has 5 heteroatoms. The molecule has 3 unspecified atom stereocenters. The van der Waals surface area contributed by atoms with Gasteiger partial charge in [0.25, 0.3) is 0 Å². The number of rotatable bonds is 5. The minimum Gasteiger partial charge on any atom is -0.339 e. The molecule has 1 aromatic heterocycles. The van der Waals surface area contributed by atoms with Gasteiger partial charge in [-0.1, -0.05) is 42.5 Å². The standard InChI is InChI=1S/C23H27N3OS/c1-16-12-17(14-24)15-26(16)22(27)23(2,18-8-4-3-5-9-18)13-21-25-19-10-6-7-11-20(19)28-21/h3-11,16-17H,12-15,24H2,1-2H3. The lowest BCUT2D eigenvalue weighted by molar-refractivity contribution is -0.137. The molecule has 2 aromatic carbocycles. The minimum atomic E-state index is -0.646. The van der Waals surface area contributed by atoms with Gasteiger partial charge in [-0.2, -0.15) is 0 Å². The molecule has 1 aliphatic rings. The molecule has 0 aliphatic carbocycles. The lowest BCUT2D eigenvalue weighted by Gasteiger charge is -2.35. The van der Waals surface area contributed by atoms with Crippen molar-refractivity contribution in [1.29, 1.82) is 0 Å². The van der Waals surface area contributed by atoms with Crippen LogP contribution in [0.2, 0.25) is 0 Å². The number of hydrogen-bond donors (Lipinski definition) is 1. The number of benzene rings is 2. The summed E-state index contributed by atoms with van der Waals surface area (Å²) in [6.07, 6.45) is 1.58. The van der Waals surface area contributed by atoms with Gasteiger partial charge >= 0.3 is 0 Å². The Labute approximate surface area is 170 Å². The molecule has 0 bridgehead atoms. The summed E-state index contributed by atoms with van der Waals surface area (Å²) in [6, 6.07) is 18.5. The van der Waals surface area contributed by atoms with Crippen LogP contribution < -0.4 is 5.73 Å². The fourth-order valence-electron chi connectivity index (χ4n) is 4.32. The van der Waals surface area contributed by atoms with E-state index < -0.39 is 5.41 Å². The van der Waals surface area contributed by atoms with Crippen LogP contribution in [0, 0.1) is 5.92 Å². The number of nitrogens with two attached hydrogens (primary N) is 1. The molecule has 146 valence electrons. The predicted octanol–water partition coefficient (Wildman–Crippen LogP) is 3.99. The van der Waals surface area contributed by atoms with Gasteiger partial charge in [-0.25, -0.2) is 4.98 Å². The molecular formula is C23H27N3OS. The van der Waals surface area contributed by atoms with Crippen molar-refractivity contribution < 1.29 is 4.79 Å². The quantitative estimate of drug-likeness (QED) is 0.713. The third-order valence-corrected chi connectivity index (χ3v) is 7.02. The van der Waals surface area contributed by atoms with E-state index in [0.717, 1.165) is 33.8 Å². The third-order valence-electron chi connectivity index (χ3n) is 5.98. The third kappa shape index (κ3) is 3.45. The number of carbonyl (C=O) groups excluding carboxylic acids is 1. The fraction of sp³-hybridized carbons (Fsp3) is 0.391. The number of fused-ring (bicyclic) bond motifs is 1. The summed E-state index contributed by atoms with van der Waals surface area (Å²) >= 11 is 1.68. The maximum atomic E-state index is 13.8. The molecular weight excluding hydrogens is 366 g/mol. The predicted molar refractivity (Wildman–Crippen MR) is 115 cm³/mol. The van der Waals surface area contributed by atoms with Crippen LogP contribution in [0.25, 0.3) is 10.2 Å². The minimum absolute atomic E-state index is 0.182. The maximum Gasteiger partial charge on any atom is 0.233 e. The van der Waals surface area contributed by atoms with Gasteiger partial charge in [-0.05, 0) is 50.4 Å². The van der Waals surface area contributed by atoms with Gasteiger partial charge in [-0.15, -0.1) is 11.3 Å².